The third-order valence-corrected chi connectivity index (χ3v) is 3.10. The summed E-state index contributed by atoms with van der Waals surface area (Å²) in [6.45, 7) is 2.53. The molecule has 1 unspecified atom stereocenters. The molecule has 0 aliphatic heterocycles. The minimum absolute atomic E-state index is 0.136. The van der Waals surface area contributed by atoms with Gasteiger partial charge in [-0.25, -0.2) is 0 Å². The quantitative estimate of drug-likeness (QED) is 0.744. The zero-order valence-electron chi connectivity index (χ0n) is 9.26. The zero-order chi connectivity index (χ0) is 11.8. The predicted molar refractivity (Wildman–Crippen MR) is 66.1 cm³/mol. The van der Waals surface area contributed by atoms with Gasteiger partial charge in [0.1, 0.15) is 5.75 Å². The Morgan fingerprint density at radius 2 is 2.12 bits per heavy atom. The SMILES string of the molecule is CC(CC(=O)O)SCCOc1ccccc1. The molecule has 88 valence electrons. The number of rotatable bonds is 7. The summed E-state index contributed by atoms with van der Waals surface area (Å²) in [7, 11) is 0. The van der Waals surface area contributed by atoms with Gasteiger partial charge in [0.2, 0.25) is 0 Å². The lowest BCUT2D eigenvalue weighted by Gasteiger charge is -2.09. The van der Waals surface area contributed by atoms with E-state index in [1.165, 1.54) is 0 Å². The molecular formula is C12H16O3S. The molecule has 1 rings (SSSR count). The van der Waals surface area contributed by atoms with Crippen LogP contribution in [0.25, 0.3) is 0 Å². The van der Waals surface area contributed by atoms with Crippen molar-refractivity contribution in [2.75, 3.05) is 12.4 Å². The fourth-order valence-electron chi connectivity index (χ4n) is 1.23. The van der Waals surface area contributed by atoms with Crippen molar-refractivity contribution in [3.63, 3.8) is 0 Å². The first-order valence-corrected chi connectivity index (χ1v) is 6.24. The van der Waals surface area contributed by atoms with E-state index in [9.17, 15) is 4.79 Å². The van der Waals surface area contributed by atoms with E-state index in [-0.39, 0.29) is 11.7 Å². The van der Waals surface area contributed by atoms with Gasteiger partial charge in [-0.05, 0) is 12.1 Å². The number of ether oxygens (including phenoxy) is 1. The standard InChI is InChI=1S/C12H16O3S/c1-10(9-12(13)14)16-8-7-15-11-5-3-2-4-6-11/h2-6,10H,7-9H2,1H3,(H,13,14). The number of aliphatic carboxylic acids is 1. The highest BCUT2D eigenvalue weighted by Gasteiger charge is 2.07. The molecule has 0 amide bonds. The topological polar surface area (TPSA) is 46.5 Å². The highest BCUT2D eigenvalue weighted by Crippen LogP contribution is 2.14. The van der Waals surface area contributed by atoms with Gasteiger partial charge in [-0.3, -0.25) is 4.79 Å². The predicted octanol–water partition coefficient (Wildman–Crippen LogP) is 2.66. The Bertz CT molecular complexity index is 313. The maximum absolute atomic E-state index is 10.4. The lowest BCUT2D eigenvalue weighted by atomic mass is 10.3. The maximum Gasteiger partial charge on any atom is 0.304 e. The fraction of sp³-hybridized carbons (Fsp3) is 0.417. The van der Waals surface area contributed by atoms with Gasteiger partial charge < -0.3 is 9.84 Å². The highest BCUT2D eigenvalue weighted by atomic mass is 32.2. The number of thioether (sulfide) groups is 1. The van der Waals surface area contributed by atoms with Crippen molar-refractivity contribution in [1.82, 2.24) is 0 Å². The van der Waals surface area contributed by atoms with Gasteiger partial charge in [0.05, 0.1) is 13.0 Å². The summed E-state index contributed by atoms with van der Waals surface area (Å²) in [6, 6.07) is 9.61. The van der Waals surface area contributed by atoms with Crippen molar-refractivity contribution < 1.29 is 14.6 Å². The number of hydrogen-bond acceptors (Lipinski definition) is 3. The van der Waals surface area contributed by atoms with Gasteiger partial charge in [-0.15, -0.1) is 0 Å². The highest BCUT2D eigenvalue weighted by molar-refractivity contribution is 7.99. The molecule has 0 fully saturated rings. The number of carboxylic acid groups (broad SMARTS) is 1. The lowest BCUT2D eigenvalue weighted by molar-refractivity contribution is -0.136. The molecule has 16 heavy (non-hydrogen) atoms. The second kappa shape index (κ2) is 7.17. The Morgan fingerprint density at radius 3 is 2.75 bits per heavy atom. The van der Waals surface area contributed by atoms with Crippen LogP contribution in [0.2, 0.25) is 0 Å². The summed E-state index contributed by atoms with van der Waals surface area (Å²) in [5.74, 6) is 0.918. The largest absolute Gasteiger partial charge is 0.493 e. The summed E-state index contributed by atoms with van der Waals surface area (Å²) in [6.07, 6.45) is 0.204. The first-order chi connectivity index (χ1) is 7.68. The molecule has 1 atom stereocenters. The van der Waals surface area contributed by atoms with Crippen molar-refractivity contribution in [3.8, 4) is 5.75 Å². The molecule has 0 aliphatic carbocycles. The monoisotopic (exact) mass is 240 g/mol. The van der Waals surface area contributed by atoms with Gasteiger partial charge in [-0.2, -0.15) is 11.8 Å². The van der Waals surface area contributed by atoms with E-state index in [0.717, 1.165) is 11.5 Å². The Hall–Kier alpha value is -1.16. The number of carbonyl (C=O) groups is 1. The summed E-state index contributed by atoms with van der Waals surface area (Å²) in [5.41, 5.74) is 0. The Balaban J connectivity index is 2.10. The third-order valence-electron chi connectivity index (χ3n) is 1.96. The number of hydrogen-bond donors (Lipinski definition) is 1. The molecule has 1 aromatic carbocycles. The van der Waals surface area contributed by atoms with Gasteiger partial charge in [0, 0.05) is 11.0 Å². The first kappa shape index (κ1) is 12.9. The minimum Gasteiger partial charge on any atom is -0.493 e. The van der Waals surface area contributed by atoms with Crippen LogP contribution >= 0.6 is 11.8 Å². The van der Waals surface area contributed by atoms with Crippen LogP contribution in [0.4, 0.5) is 0 Å². The minimum atomic E-state index is -0.746. The molecule has 0 saturated heterocycles. The van der Waals surface area contributed by atoms with Crippen LogP contribution < -0.4 is 4.74 Å². The van der Waals surface area contributed by atoms with E-state index in [1.54, 1.807) is 11.8 Å². The first-order valence-electron chi connectivity index (χ1n) is 5.19. The van der Waals surface area contributed by atoms with E-state index in [4.69, 9.17) is 9.84 Å². The van der Waals surface area contributed by atoms with Crippen LogP contribution in [0.15, 0.2) is 30.3 Å². The van der Waals surface area contributed by atoms with Crippen molar-refractivity contribution in [3.05, 3.63) is 30.3 Å². The Kier molecular flexibility index (Phi) is 5.78. The summed E-state index contributed by atoms with van der Waals surface area (Å²) in [4.78, 5) is 10.4. The van der Waals surface area contributed by atoms with E-state index < -0.39 is 5.97 Å². The summed E-state index contributed by atoms with van der Waals surface area (Å²) < 4.78 is 5.49. The molecule has 0 radical (unpaired) electrons. The van der Waals surface area contributed by atoms with Crippen molar-refractivity contribution >= 4 is 17.7 Å². The lowest BCUT2D eigenvalue weighted by Crippen LogP contribution is -2.09. The van der Waals surface area contributed by atoms with Gasteiger partial charge in [-0.1, -0.05) is 25.1 Å². The van der Waals surface area contributed by atoms with E-state index in [0.29, 0.717) is 6.61 Å². The van der Waals surface area contributed by atoms with Crippen molar-refractivity contribution in [2.45, 2.75) is 18.6 Å². The molecule has 3 nitrogen and oxygen atoms in total. The molecule has 1 N–H and O–H groups in total. The molecule has 0 bridgehead atoms. The molecule has 1 aromatic rings. The second-order valence-corrected chi connectivity index (χ2v) is 4.99. The fourth-order valence-corrected chi connectivity index (χ4v) is 2.07. The molecule has 0 saturated carbocycles. The van der Waals surface area contributed by atoms with Crippen LogP contribution in [-0.2, 0) is 4.79 Å². The number of benzene rings is 1. The maximum atomic E-state index is 10.4. The van der Waals surface area contributed by atoms with Crippen molar-refractivity contribution in [1.29, 1.82) is 0 Å². The third kappa shape index (κ3) is 5.66. The average Bonchev–Trinajstić information content (AvgIpc) is 2.25. The van der Waals surface area contributed by atoms with E-state index >= 15 is 0 Å². The van der Waals surface area contributed by atoms with Crippen LogP contribution in [-0.4, -0.2) is 28.7 Å². The smallest absolute Gasteiger partial charge is 0.304 e. The molecule has 0 aromatic heterocycles. The van der Waals surface area contributed by atoms with Gasteiger partial charge in [0.15, 0.2) is 0 Å². The summed E-state index contributed by atoms with van der Waals surface area (Å²) in [5, 5.41) is 8.71. The molecule has 0 aliphatic rings. The molecule has 4 heteroatoms. The second-order valence-electron chi connectivity index (χ2n) is 3.44. The Labute approximate surface area is 99.8 Å². The number of carboxylic acids is 1. The summed E-state index contributed by atoms with van der Waals surface area (Å²) >= 11 is 1.62. The normalized spacial score (nSPS) is 12.1. The van der Waals surface area contributed by atoms with E-state index in [2.05, 4.69) is 0 Å². The number of para-hydroxylation sites is 1. The van der Waals surface area contributed by atoms with Crippen LogP contribution in [0.1, 0.15) is 13.3 Å². The van der Waals surface area contributed by atoms with Crippen molar-refractivity contribution in [2.24, 2.45) is 0 Å². The van der Waals surface area contributed by atoms with Crippen LogP contribution in [0.5, 0.6) is 5.75 Å². The average molecular weight is 240 g/mol. The zero-order valence-corrected chi connectivity index (χ0v) is 10.1. The van der Waals surface area contributed by atoms with Crippen LogP contribution in [0, 0.1) is 0 Å². The molecule has 0 heterocycles. The van der Waals surface area contributed by atoms with Gasteiger partial charge >= 0.3 is 5.97 Å². The Morgan fingerprint density at radius 1 is 1.44 bits per heavy atom. The van der Waals surface area contributed by atoms with Crippen LogP contribution in [0.3, 0.4) is 0 Å². The van der Waals surface area contributed by atoms with E-state index in [1.807, 2.05) is 37.3 Å². The molecular weight excluding hydrogens is 224 g/mol. The van der Waals surface area contributed by atoms with Gasteiger partial charge in [0.25, 0.3) is 0 Å². The molecule has 0 spiro atoms.